The van der Waals surface area contributed by atoms with Crippen LogP contribution in [0, 0.1) is 12.8 Å². The van der Waals surface area contributed by atoms with Crippen LogP contribution >= 0.6 is 11.6 Å². The molecule has 0 aromatic heterocycles. The summed E-state index contributed by atoms with van der Waals surface area (Å²) < 4.78 is 5.39. The third-order valence-electron chi connectivity index (χ3n) is 4.46. The maximum atomic E-state index is 12.6. The maximum absolute atomic E-state index is 12.6. The van der Waals surface area contributed by atoms with Gasteiger partial charge in [0.05, 0.1) is 12.5 Å². The minimum Gasteiger partial charge on any atom is -0.494 e. The molecule has 0 spiro atoms. The molecule has 0 radical (unpaired) electrons. The quantitative estimate of drug-likeness (QED) is 0.861. The van der Waals surface area contributed by atoms with Crippen LogP contribution in [0.15, 0.2) is 42.5 Å². The number of hydrogen-bond acceptors (Lipinski definition) is 3. The zero-order valence-corrected chi connectivity index (χ0v) is 15.5. The lowest BCUT2D eigenvalue weighted by atomic mass is 10.1. The van der Waals surface area contributed by atoms with E-state index in [4.69, 9.17) is 16.3 Å². The van der Waals surface area contributed by atoms with E-state index in [1.54, 1.807) is 35.2 Å². The van der Waals surface area contributed by atoms with Crippen LogP contribution in [0.2, 0.25) is 5.02 Å². The Bertz CT molecular complexity index is 820. The summed E-state index contributed by atoms with van der Waals surface area (Å²) >= 11 is 6.15. The van der Waals surface area contributed by atoms with Crippen molar-refractivity contribution in [3.63, 3.8) is 0 Å². The summed E-state index contributed by atoms with van der Waals surface area (Å²) in [5.41, 5.74) is 2.29. The fourth-order valence-electron chi connectivity index (χ4n) is 3.05. The van der Waals surface area contributed by atoms with Crippen LogP contribution in [0.1, 0.15) is 18.9 Å². The number of nitrogens with one attached hydrogen (secondary N) is 1. The second-order valence-corrected chi connectivity index (χ2v) is 6.64. The fourth-order valence-corrected chi connectivity index (χ4v) is 3.22. The molecule has 0 aliphatic carbocycles. The third-order valence-corrected chi connectivity index (χ3v) is 4.87. The summed E-state index contributed by atoms with van der Waals surface area (Å²) in [5.74, 6) is 0.128. The van der Waals surface area contributed by atoms with Crippen molar-refractivity contribution in [2.24, 2.45) is 5.92 Å². The minimum atomic E-state index is -0.396. The molecule has 5 nitrogen and oxygen atoms in total. The van der Waals surface area contributed by atoms with Crippen molar-refractivity contribution in [2.75, 3.05) is 23.4 Å². The molecule has 136 valence electrons. The van der Waals surface area contributed by atoms with E-state index in [2.05, 4.69) is 5.32 Å². The first-order valence-corrected chi connectivity index (χ1v) is 8.96. The van der Waals surface area contributed by atoms with Gasteiger partial charge >= 0.3 is 0 Å². The Morgan fingerprint density at radius 3 is 2.69 bits per heavy atom. The summed E-state index contributed by atoms with van der Waals surface area (Å²) in [6.45, 7) is 4.73. The van der Waals surface area contributed by atoms with Gasteiger partial charge in [-0.3, -0.25) is 9.59 Å². The van der Waals surface area contributed by atoms with Gasteiger partial charge < -0.3 is 15.0 Å². The van der Waals surface area contributed by atoms with Gasteiger partial charge in [0.2, 0.25) is 11.8 Å². The number of carbonyl (C=O) groups excluding carboxylic acids is 2. The molecular weight excluding hydrogens is 352 g/mol. The molecule has 2 aromatic carbocycles. The number of carbonyl (C=O) groups is 2. The smallest absolute Gasteiger partial charge is 0.229 e. The van der Waals surface area contributed by atoms with Crippen LogP contribution in [0.5, 0.6) is 5.75 Å². The van der Waals surface area contributed by atoms with Crippen molar-refractivity contribution in [3.8, 4) is 5.75 Å². The molecule has 26 heavy (non-hydrogen) atoms. The van der Waals surface area contributed by atoms with Gasteiger partial charge in [-0.1, -0.05) is 17.7 Å². The Kier molecular flexibility index (Phi) is 5.47. The largest absolute Gasteiger partial charge is 0.494 e. The second-order valence-electron chi connectivity index (χ2n) is 6.24. The fraction of sp³-hybridized carbons (Fsp3) is 0.300. The lowest BCUT2D eigenvalue weighted by Crippen LogP contribution is -2.28. The highest BCUT2D eigenvalue weighted by Crippen LogP contribution is 2.31. The molecule has 1 atom stereocenters. The Morgan fingerprint density at radius 1 is 1.27 bits per heavy atom. The lowest BCUT2D eigenvalue weighted by molar-refractivity contribution is -0.122. The van der Waals surface area contributed by atoms with Crippen molar-refractivity contribution < 1.29 is 14.3 Å². The highest BCUT2D eigenvalue weighted by Gasteiger charge is 2.35. The SMILES string of the molecule is CCOc1ccc(NC(=O)[C@@H]2CC(=O)N(c3cccc(Cl)c3C)C2)cc1. The van der Waals surface area contributed by atoms with Crippen molar-refractivity contribution in [3.05, 3.63) is 53.1 Å². The maximum Gasteiger partial charge on any atom is 0.229 e. The molecule has 3 rings (SSSR count). The van der Waals surface area contributed by atoms with E-state index < -0.39 is 5.92 Å². The molecule has 1 fully saturated rings. The highest BCUT2D eigenvalue weighted by atomic mass is 35.5. The molecule has 0 saturated carbocycles. The molecule has 1 heterocycles. The molecule has 0 unspecified atom stereocenters. The van der Waals surface area contributed by atoms with Crippen molar-refractivity contribution in [1.82, 2.24) is 0 Å². The number of benzene rings is 2. The lowest BCUT2D eigenvalue weighted by Gasteiger charge is -2.19. The van der Waals surface area contributed by atoms with Crippen LogP contribution in [0.3, 0.4) is 0 Å². The normalized spacial score (nSPS) is 16.7. The molecule has 0 bridgehead atoms. The van der Waals surface area contributed by atoms with E-state index >= 15 is 0 Å². The summed E-state index contributed by atoms with van der Waals surface area (Å²) in [5, 5.41) is 3.48. The molecule has 1 aliphatic heterocycles. The zero-order valence-electron chi connectivity index (χ0n) is 14.8. The first kappa shape index (κ1) is 18.3. The first-order valence-electron chi connectivity index (χ1n) is 8.58. The third kappa shape index (κ3) is 3.83. The number of ether oxygens (including phenoxy) is 1. The number of halogens is 1. The highest BCUT2D eigenvalue weighted by molar-refractivity contribution is 6.31. The number of rotatable bonds is 5. The minimum absolute atomic E-state index is 0.0674. The van der Waals surface area contributed by atoms with Gasteiger partial charge in [-0.2, -0.15) is 0 Å². The van der Waals surface area contributed by atoms with E-state index in [0.29, 0.717) is 23.9 Å². The second kappa shape index (κ2) is 7.79. The average molecular weight is 373 g/mol. The summed E-state index contributed by atoms with van der Waals surface area (Å²) in [7, 11) is 0. The van der Waals surface area contributed by atoms with E-state index in [0.717, 1.165) is 17.0 Å². The van der Waals surface area contributed by atoms with Crippen LogP contribution in [0.4, 0.5) is 11.4 Å². The molecule has 6 heteroatoms. The zero-order chi connectivity index (χ0) is 18.7. The summed E-state index contributed by atoms with van der Waals surface area (Å²) in [6, 6.07) is 12.6. The van der Waals surface area contributed by atoms with E-state index in [-0.39, 0.29) is 18.2 Å². The van der Waals surface area contributed by atoms with Crippen LogP contribution < -0.4 is 15.0 Å². The number of nitrogens with zero attached hydrogens (tertiary/aromatic N) is 1. The van der Waals surface area contributed by atoms with E-state index in [1.165, 1.54) is 0 Å². The van der Waals surface area contributed by atoms with E-state index in [9.17, 15) is 9.59 Å². The Hall–Kier alpha value is -2.53. The van der Waals surface area contributed by atoms with Crippen LogP contribution in [-0.2, 0) is 9.59 Å². The van der Waals surface area contributed by atoms with Gasteiger partial charge in [0, 0.05) is 29.4 Å². The van der Waals surface area contributed by atoms with Gasteiger partial charge in [0.25, 0.3) is 0 Å². The summed E-state index contributed by atoms with van der Waals surface area (Å²) in [4.78, 5) is 26.6. The van der Waals surface area contributed by atoms with Gasteiger partial charge in [-0.25, -0.2) is 0 Å². The van der Waals surface area contributed by atoms with Gasteiger partial charge in [0.1, 0.15) is 5.75 Å². The van der Waals surface area contributed by atoms with Crippen LogP contribution in [-0.4, -0.2) is 25.0 Å². The topological polar surface area (TPSA) is 58.6 Å². The Morgan fingerprint density at radius 2 is 2.00 bits per heavy atom. The first-order chi connectivity index (χ1) is 12.5. The van der Waals surface area contributed by atoms with Gasteiger partial charge in [-0.05, 0) is 55.8 Å². The number of amides is 2. The Labute approximate surface area is 157 Å². The monoisotopic (exact) mass is 372 g/mol. The van der Waals surface area contributed by atoms with Crippen molar-refractivity contribution >= 4 is 34.8 Å². The predicted octanol–water partition coefficient (Wildman–Crippen LogP) is 4.04. The molecule has 2 aromatic rings. The average Bonchev–Trinajstić information content (AvgIpc) is 3.01. The number of hydrogen-bond donors (Lipinski definition) is 1. The van der Waals surface area contributed by atoms with Gasteiger partial charge in [-0.15, -0.1) is 0 Å². The van der Waals surface area contributed by atoms with Crippen molar-refractivity contribution in [2.45, 2.75) is 20.3 Å². The molecule has 1 saturated heterocycles. The van der Waals surface area contributed by atoms with Crippen molar-refractivity contribution in [1.29, 1.82) is 0 Å². The molecular formula is C20H21ClN2O3. The van der Waals surface area contributed by atoms with Crippen LogP contribution in [0.25, 0.3) is 0 Å². The standard InChI is InChI=1S/C20H21ClN2O3/c1-3-26-16-9-7-15(8-10-16)22-20(25)14-11-19(24)23(12-14)18-6-4-5-17(21)13(18)2/h4-10,14H,3,11-12H2,1-2H3,(H,22,25)/t14-/m1/s1. The predicted molar refractivity (Wildman–Crippen MR) is 103 cm³/mol. The molecule has 1 N–H and O–H groups in total. The van der Waals surface area contributed by atoms with Gasteiger partial charge in [0.15, 0.2) is 0 Å². The summed E-state index contributed by atoms with van der Waals surface area (Å²) in [6.07, 6.45) is 0.189. The Balaban J connectivity index is 1.68. The van der Waals surface area contributed by atoms with E-state index in [1.807, 2.05) is 26.0 Å². The number of anilines is 2. The molecule has 2 amide bonds. The molecule has 1 aliphatic rings.